The van der Waals surface area contributed by atoms with Gasteiger partial charge in [0.15, 0.2) is 17.3 Å². The van der Waals surface area contributed by atoms with Gasteiger partial charge in [0.25, 0.3) is 0 Å². The van der Waals surface area contributed by atoms with E-state index < -0.39 is 0 Å². The Morgan fingerprint density at radius 1 is 1.15 bits per heavy atom. The number of para-hydroxylation sites is 2. The maximum absolute atomic E-state index is 12.6. The van der Waals surface area contributed by atoms with Gasteiger partial charge in [-0.3, -0.25) is 4.57 Å². The number of fused-ring (bicyclic) bond motifs is 2. The zero-order valence-corrected chi connectivity index (χ0v) is 15.6. The van der Waals surface area contributed by atoms with Crippen molar-refractivity contribution in [1.82, 2.24) is 14.5 Å². The van der Waals surface area contributed by atoms with E-state index in [1.807, 2.05) is 30.5 Å². The van der Waals surface area contributed by atoms with Gasteiger partial charge in [0, 0.05) is 19.1 Å². The summed E-state index contributed by atoms with van der Waals surface area (Å²) in [7, 11) is 0. The minimum atomic E-state index is -0.217. The zero-order valence-electron chi connectivity index (χ0n) is 15.6. The van der Waals surface area contributed by atoms with Crippen LogP contribution >= 0.6 is 0 Å². The molecule has 1 aromatic heterocycles. The van der Waals surface area contributed by atoms with Gasteiger partial charge in [0.05, 0.1) is 11.9 Å². The molecule has 0 spiro atoms. The van der Waals surface area contributed by atoms with Crippen LogP contribution in [0.15, 0.2) is 35.3 Å². The lowest BCUT2D eigenvalue weighted by molar-refractivity contribution is 0.180. The maximum atomic E-state index is 12.6. The van der Waals surface area contributed by atoms with Crippen LogP contribution in [0.2, 0.25) is 0 Å². The first-order valence-corrected chi connectivity index (χ1v) is 9.84. The second kappa shape index (κ2) is 8.10. The number of likely N-dealkylation sites (tertiary alicyclic amines) is 1. The van der Waals surface area contributed by atoms with Crippen molar-refractivity contribution in [3.8, 4) is 11.5 Å². The predicted octanol–water partition coefficient (Wildman–Crippen LogP) is 2.86. The zero-order chi connectivity index (χ0) is 18.6. The van der Waals surface area contributed by atoms with Crippen LogP contribution in [-0.4, -0.2) is 40.6 Å². The summed E-state index contributed by atoms with van der Waals surface area (Å²) < 4.78 is 7.71. The van der Waals surface area contributed by atoms with Gasteiger partial charge < -0.3 is 20.7 Å². The Balaban J connectivity index is 1.42. The monoisotopic (exact) mass is 369 g/mol. The molecule has 0 amide bonds. The number of nitrogens with zero attached hydrogens (tertiary/aromatic N) is 3. The van der Waals surface area contributed by atoms with Crippen molar-refractivity contribution in [2.24, 2.45) is 5.73 Å². The largest absolute Gasteiger partial charge is 0.450 e. The molecule has 4 rings (SSSR count). The molecule has 0 aliphatic carbocycles. The van der Waals surface area contributed by atoms with Crippen LogP contribution in [0.3, 0.4) is 0 Å². The molecule has 7 heteroatoms. The average molecular weight is 369 g/mol. The van der Waals surface area contributed by atoms with Crippen LogP contribution in [0.25, 0.3) is 0 Å². The van der Waals surface area contributed by atoms with E-state index in [4.69, 9.17) is 10.5 Å². The summed E-state index contributed by atoms with van der Waals surface area (Å²) in [5.74, 6) is 1.86. The number of ether oxygens (including phenoxy) is 1. The molecule has 2 aliphatic rings. The number of hydrogen-bond acceptors (Lipinski definition) is 6. The van der Waals surface area contributed by atoms with E-state index in [0.29, 0.717) is 11.6 Å². The lowest BCUT2D eigenvalue weighted by atomic mass is 10.0. The number of unbranched alkanes of at least 4 members (excludes halogenated alkanes) is 2. The summed E-state index contributed by atoms with van der Waals surface area (Å²) in [4.78, 5) is 19.3. The Hall–Kier alpha value is -2.38. The smallest absolute Gasteiger partial charge is 0.350 e. The van der Waals surface area contributed by atoms with Crippen molar-refractivity contribution in [2.45, 2.75) is 38.1 Å². The maximum Gasteiger partial charge on any atom is 0.350 e. The Morgan fingerprint density at radius 3 is 2.78 bits per heavy atom. The molecule has 144 valence electrons. The molecule has 2 aromatic rings. The van der Waals surface area contributed by atoms with Crippen molar-refractivity contribution in [3.63, 3.8) is 0 Å². The highest BCUT2D eigenvalue weighted by molar-refractivity contribution is 5.72. The molecular weight excluding hydrogens is 342 g/mol. The normalized spacial score (nSPS) is 16.9. The first-order valence-electron chi connectivity index (χ1n) is 9.84. The Kier molecular flexibility index (Phi) is 5.40. The van der Waals surface area contributed by atoms with Crippen molar-refractivity contribution in [2.75, 3.05) is 31.5 Å². The minimum absolute atomic E-state index is 0.177. The van der Waals surface area contributed by atoms with Gasteiger partial charge in [-0.05, 0) is 50.9 Å². The van der Waals surface area contributed by atoms with Crippen LogP contribution < -0.4 is 21.5 Å². The summed E-state index contributed by atoms with van der Waals surface area (Å²) >= 11 is 0. The molecule has 3 heterocycles. The summed E-state index contributed by atoms with van der Waals surface area (Å²) in [6.07, 6.45) is 7.22. The van der Waals surface area contributed by atoms with E-state index in [9.17, 15) is 4.79 Å². The highest BCUT2D eigenvalue weighted by Crippen LogP contribution is 2.40. The third-order valence-corrected chi connectivity index (χ3v) is 5.41. The topological polar surface area (TPSA) is 85.4 Å². The van der Waals surface area contributed by atoms with E-state index in [0.717, 1.165) is 56.9 Å². The van der Waals surface area contributed by atoms with Crippen LogP contribution in [-0.2, 0) is 0 Å². The van der Waals surface area contributed by atoms with Crippen LogP contribution in [0.1, 0.15) is 38.1 Å². The van der Waals surface area contributed by atoms with Gasteiger partial charge in [0.2, 0.25) is 0 Å². The lowest BCUT2D eigenvalue weighted by Crippen LogP contribution is -2.38. The number of nitrogens with one attached hydrogen (secondary N) is 1. The van der Waals surface area contributed by atoms with Crippen molar-refractivity contribution in [1.29, 1.82) is 0 Å². The number of benzene rings is 1. The Labute approximate surface area is 159 Å². The number of aromatic nitrogens is 2. The Bertz CT molecular complexity index is 843. The third kappa shape index (κ3) is 3.99. The highest BCUT2D eigenvalue weighted by atomic mass is 16.5. The standard InChI is InChI=1S/C20H27N5O2/c21-10-4-1-5-11-24-12-8-15(9-13-24)25-14-18-19(23-20(25)26)22-16-6-2-3-7-17(16)27-18/h2-3,6-7,14-15H,1,4-5,8-13,21H2,(H,22,23,26). The molecule has 0 bridgehead atoms. The molecule has 7 nitrogen and oxygen atoms in total. The molecule has 1 saturated heterocycles. The summed E-state index contributed by atoms with van der Waals surface area (Å²) in [5.41, 5.74) is 6.17. The molecule has 2 aliphatic heterocycles. The van der Waals surface area contributed by atoms with E-state index in [1.54, 1.807) is 4.57 Å². The van der Waals surface area contributed by atoms with Gasteiger partial charge in [-0.2, -0.15) is 4.98 Å². The average Bonchev–Trinajstić information content (AvgIpc) is 2.70. The minimum Gasteiger partial charge on any atom is -0.450 e. The summed E-state index contributed by atoms with van der Waals surface area (Å²) in [6, 6.07) is 7.85. The summed E-state index contributed by atoms with van der Waals surface area (Å²) in [5, 5.41) is 3.19. The van der Waals surface area contributed by atoms with Gasteiger partial charge in [-0.15, -0.1) is 0 Å². The molecule has 0 saturated carbocycles. The fourth-order valence-corrected chi connectivity index (χ4v) is 3.86. The molecule has 0 atom stereocenters. The third-order valence-electron chi connectivity index (χ3n) is 5.41. The fourth-order valence-electron chi connectivity index (χ4n) is 3.86. The van der Waals surface area contributed by atoms with Gasteiger partial charge >= 0.3 is 5.69 Å². The van der Waals surface area contributed by atoms with Gasteiger partial charge in [-0.1, -0.05) is 18.6 Å². The number of anilines is 2. The fraction of sp³-hybridized carbons (Fsp3) is 0.500. The summed E-state index contributed by atoms with van der Waals surface area (Å²) in [6.45, 7) is 3.92. The van der Waals surface area contributed by atoms with Crippen LogP contribution in [0.5, 0.6) is 11.5 Å². The molecular formula is C20H27N5O2. The van der Waals surface area contributed by atoms with E-state index >= 15 is 0 Å². The second-order valence-electron chi connectivity index (χ2n) is 7.29. The SMILES string of the molecule is NCCCCCN1CCC(n2cc3c(nc2=O)Nc2ccccc2O3)CC1. The van der Waals surface area contributed by atoms with E-state index in [1.165, 1.54) is 12.8 Å². The molecule has 1 fully saturated rings. The van der Waals surface area contributed by atoms with Crippen molar-refractivity contribution in [3.05, 3.63) is 40.9 Å². The first kappa shape index (κ1) is 18.0. The van der Waals surface area contributed by atoms with Crippen molar-refractivity contribution >= 4 is 11.5 Å². The van der Waals surface area contributed by atoms with Crippen LogP contribution in [0.4, 0.5) is 11.5 Å². The first-order chi connectivity index (χ1) is 13.2. The van der Waals surface area contributed by atoms with Crippen molar-refractivity contribution < 1.29 is 4.74 Å². The number of piperidine rings is 1. The van der Waals surface area contributed by atoms with E-state index in [-0.39, 0.29) is 11.7 Å². The number of rotatable bonds is 6. The quantitative estimate of drug-likeness (QED) is 0.650. The van der Waals surface area contributed by atoms with Gasteiger partial charge in [0.1, 0.15) is 0 Å². The molecule has 0 unspecified atom stereocenters. The Morgan fingerprint density at radius 2 is 1.96 bits per heavy atom. The van der Waals surface area contributed by atoms with E-state index in [2.05, 4.69) is 15.2 Å². The predicted molar refractivity (Wildman–Crippen MR) is 106 cm³/mol. The molecule has 1 aromatic carbocycles. The van der Waals surface area contributed by atoms with Crippen LogP contribution in [0, 0.1) is 0 Å². The molecule has 0 radical (unpaired) electrons. The lowest BCUT2D eigenvalue weighted by Gasteiger charge is -2.33. The molecule has 27 heavy (non-hydrogen) atoms. The highest BCUT2D eigenvalue weighted by Gasteiger charge is 2.25. The molecule has 3 N–H and O–H groups in total. The number of hydrogen-bond donors (Lipinski definition) is 2. The second-order valence-corrected chi connectivity index (χ2v) is 7.29. The van der Waals surface area contributed by atoms with Gasteiger partial charge in [-0.25, -0.2) is 4.79 Å². The number of nitrogens with two attached hydrogens (primary N) is 1.